The summed E-state index contributed by atoms with van der Waals surface area (Å²) in [7, 11) is 0. The predicted octanol–water partition coefficient (Wildman–Crippen LogP) is 3.58. The standard InChI is InChI=1S/C20H22O3/c1-3-7-15(8-4-1)12-21-14-17-18(11-19-20(17)23-19)22-13-16-9-5-2-6-10-16/h1-10,17-20H,11-14H2/t17-,18+,19+,20-/m0/s1. The van der Waals surface area contributed by atoms with Crippen molar-refractivity contribution in [2.24, 2.45) is 5.92 Å². The minimum atomic E-state index is 0.245. The Labute approximate surface area is 137 Å². The Morgan fingerprint density at radius 2 is 1.52 bits per heavy atom. The van der Waals surface area contributed by atoms with Gasteiger partial charge in [0.2, 0.25) is 0 Å². The molecule has 0 radical (unpaired) electrons. The first-order valence-corrected chi connectivity index (χ1v) is 8.33. The first kappa shape index (κ1) is 14.9. The van der Waals surface area contributed by atoms with Crippen molar-refractivity contribution >= 4 is 0 Å². The lowest BCUT2D eigenvalue weighted by Gasteiger charge is -2.22. The van der Waals surface area contributed by atoms with Gasteiger partial charge in [-0.05, 0) is 11.1 Å². The highest BCUT2D eigenvalue weighted by Crippen LogP contribution is 2.45. The second kappa shape index (κ2) is 6.83. The van der Waals surface area contributed by atoms with Crippen molar-refractivity contribution in [2.75, 3.05) is 6.61 Å². The van der Waals surface area contributed by atoms with Gasteiger partial charge in [-0.25, -0.2) is 0 Å². The van der Waals surface area contributed by atoms with Gasteiger partial charge in [0.1, 0.15) is 0 Å². The molecule has 2 aromatic carbocycles. The van der Waals surface area contributed by atoms with Gasteiger partial charge in [-0.15, -0.1) is 0 Å². The van der Waals surface area contributed by atoms with Crippen LogP contribution in [0.15, 0.2) is 60.7 Å². The van der Waals surface area contributed by atoms with Crippen molar-refractivity contribution in [2.45, 2.75) is 37.9 Å². The Morgan fingerprint density at radius 3 is 2.22 bits per heavy atom. The fourth-order valence-electron chi connectivity index (χ4n) is 3.40. The van der Waals surface area contributed by atoms with Gasteiger partial charge in [-0.2, -0.15) is 0 Å². The Morgan fingerprint density at radius 1 is 0.870 bits per heavy atom. The summed E-state index contributed by atoms with van der Waals surface area (Å²) < 4.78 is 17.8. The van der Waals surface area contributed by atoms with Gasteiger partial charge in [0.15, 0.2) is 0 Å². The molecule has 4 rings (SSSR count). The molecule has 0 spiro atoms. The number of rotatable bonds is 7. The maximum atomic E-state index is 6.15. The number of fused-ring (bicyclic) bond motifs is 1. The molecule has 4 atom stereocenters. The molecule has 1 aliphatic carbocycles. The van der Waals surface area contributed by atoms with Crippen molar-refractivity contribution in [1.82, 2.24) is 0 Å². The van der Waals surface area contributed by atoms with E-state index in [1.807, 2.05) is 36.4 Å². The zero-order valence-corrected chi connectivity index (χ0v) is 13.1. The summed E-state index contributed by atoms with van der Waals surface area (Å²) in [6.45, 7) is 2.02. The average Bonchev–Trinajstić information content (AvgIpc) is 3.29. The summed E-state index contributed by atoms with van der Waals surface area (Å²) >= 11 is 0. The zero-order chi connectivity index (χ0) is 15.5. The number of ether oxygens (including phenoxy) is 3. The van der Waals surface area contributed by atoms with Crippen LogP contribution in [-0.4, -0.2) is 24.9 Å². The molecule has 0 unspecified atom stereocenters. The quantitative estimate of drug-likeness (QED) is 0.733. The molecule has 3 nitrogen and oxygen atoms in total. The molecule has 0 aromatic heterocycles. The highest BCUT2D eigenvalue weighted by molar-refractivity contribution is 5.14. The lowest BCUT2D eigenvalue weighted by molar-refractivity contribution is -0.0450. The van der Waals surface area contributed by atoms with Crippen LogP contribution < -0.4 is 0 Å². The van der Waals surface area contributed by atoms with Gasteiger partial charge in [0.25, 0.3) is 0 Å². The van der Waals surface area contributed by atoms with Crippen LogP contribution in [0, 0.1) is 5.92 Å². The third-order valence-electron chi connectivity index (χ3n) is 4.71. The third kappa shape index (κ3) is 3.63. The first-order chi connectivity index (χ1) is 11.4. The van der Waals surface area contributed by atoms with Crippen LogP contribution in [-0.2, 0) is 27.4 Å². The maximum Gasteiger partial charge on any atom is 0.0917 e. The van der Waals surface area contributed by atoms with E-state index in [0.717, 1.165) is 6.42 Å². The monoisotopic (exact) mass is 310 g/mol. The van der Waals surface area contributed by atoms with E-state index in [2.05, 4.69) is 24.3 Å². The SMILES string of the molecule is c1ccc(COC[C@@H]2[C@@H]3O[C@@H]3C[C@H]2OCc2ccccc2)cc1. The summed E-state index contributed by atoms with van der Waals surface area (Å²) in [5.41, 5.74) is 2.43. The fourth-order valence-corrected chi connectivity index (χ4v) is 3.40. The number of epoxide rings is 1. The van der Waals surface area contributed by atoms with Crippen molar-refractivity contribution in [1.29, 1.82) is 0 Å². The summed E-state index contributed by atoms with van der Waals surface area (Å²) in [5, 5.41) is 0. The second-order valence-electron chi connectivity index (χ2n) is 6.37. The van der Waals surface area contributed by atoms with Crippen molar-refractivity contribution in [3.63, 3.8) is 0 Å². The van der Waals surface area contributed by atoms with Crippen LogP contribution in [0.4, 0.5) is 0 Å². The minimum Gasteiger partial charge on any atom is -0.376 e. The predicted molar refractivity (Wildman–Crippen MR) is 87.9 cm³/mol. The number of hydrogen-bond donors (Lipinski definition) is 0. The van der Waals surface area contributed by atoms with Gasteiger partial charge in [-0.3, -0.25) is 0 Å². The van der Waals surface area contributed by atoms with Gasteiger partial charge in [0, 0.05) is 12.3 Å². The van der Waals surface area contributed by atoms with Crippen LogP contribution in [0.3, 0.4) is 0 Å². The summed E-state index contributed by atoms with van der Waals surface area (Å²) in [5.74, 6) is 0.354. The van der Waals surface area contributed by atoms with Crippen LogP contribution in [0.5, 0.6) is 0 Å². The van der Waals surface area contributed by atoms with E-state index in [1.165, 1.54) is 11.1 Å². The molecular formula is C20H22O3. The Bertz CT molecular complexity index is 613. The Kier molecular flexibility index (Phi) is 4.42. The van der Waals surface area contributed by atoms with E-state index < -0.39 is 0 Å². The topological polar surface area (TPSA) is 31.0 Å². The molecular weight excluding hydrogens is 288 g/mol. The molecule has 1 heterocycles. The lowest BCUT2D eigenvalue weighted by atomic mass is 10.1. The molecule has 3 heteroatoms. The largest absolute Gasteiger partial charge is 0.376 e. The van der Waals surface area contributed by atoms with E-state index in [4.69, 9.17) is 14.2 Å². The molecule has 0 bridgehead atoms. The molecule has 1 saturated carbocycles. The summed E-state index contributed by atoms with van der Waals surface area (Å²) in [4.78, 5) is 0. The fraction of sp³-hybridized carbons (Fsp3) is 0.400. The zero-order valence-electron chi connectivity index (χ0n) is 13.1. The lowest BCUT2D eigenvalue weighted by Crippen LogP contribution is -2.28. The first-order valence-electron chi connectivity index (χ1n) is 8.33. The second-order valence-corrected chi connectivity index (χ2v) is 6.37. The summed E-state index contributed by atoms with van der Waals surface area (Å²) in [6, 6.07) is 20.6. The highest BCUT2D eigenvalue weighted by atomic mass is 16.6. The van der Waals surface area contributed by atoms with Crippen LogP contribution in [0.2, 0.25) is 0 Å². The molecule has 120 valence electrons. The van der Waals surface area contributed by atoms with Gasteiger partial charge < -0.3 is 14.2 Å². The van der Waals surface area contributed by atoms with Crippen molar-refractivity contribution in [3.05, 3.63) is 71.8 Å². The Balaban J connectivity index is 1.28. The third-order valence-corrected chi connectivity index (χ3v) is 4.71. The van der Waals surface area contributed by atoms with Gasteiger partial charge in [0.05, 0.1) is 38.1 Å². The van der Waals surface area contributed by atoms with Crippen LogP contribution >= 0.6 is 0 Å². The van der Waals surface area contributed by atoms with E-state index in [9.17, 15) is 0 Å². The van der Waals surface area contributed by atoms with Gasteiger partial charge in [-0.1, -0.05) is 60.7 Å². The van der Waals surface area contributed by atoms with E-state index in [1.54, 1.807) is 0 Å². The molecule has 1 saturated heterocycles. The molecule has 0 amide bonds. The number of benzene rings is 2. The molecule has 1 aliphatic heterocycles. The van der Waals surface area contributed by atoms with Crippen molar-refractivity contribution in [3.8, 4) is 0 Å². The van der Waals surface area contributed by atoms with E-state index >= 15 is 0 Å². The molecule has 23 heavy (non-hydrogen) atoms. The van der Waals surface area contributed by atoms with Crippen molar-refractivity contribution < 1.29 is 14.2 Å². The maximum absolute atomic E-state index is 6.15. The highest BCUT2D eigenvalue weighted by Gasteiger charge is 2.56. The molecule has 2 aromatic rings. The van der Waals surface area contributed by atoms with Crippen LogP contribution in [0.25, 0.3) is 0 Å². The van der Waals surface area contributed by atoms with E-state index in [-0.39, 0.29) is 6.10 Å². The smallest absolute Gasteiger partial charge is 0.0917 e. The molecule has 2 aliphatic rings. The minimum absolute atomic E-state index is 0.245. The van der Waals surface area contributed by atoms with Gasteiger partial charge >= 0.3 is 0 Å². The van der Waals surface area contributed by atoms with Crippen LogP contribution in [0.1, 0.15) is 17.5 Å². The number of hydrogen-bond acceptors (Lipinski definition) is 3. The molecule has 0 N–H and O–H groups in total. The Hall–Kier alpha value is -1.68. The molecule has 2 fully saturated rings. The average molecular weight is 310 g/mol. The summed E-state index contributed by atoms with van der Waals surface area (Å²) in [6.07, 6.45) is 1.97. The normalized spacial score (nSPS) is 28.5. The van der Waals surface area contributed by atoms with E-state index in [0.29, 0.717) is 37.9 Å².